The maximum atomic E-state index is 13.7. The number of rotatable bonds is 3. The van der Waals surface area contributed by atoms with Gasteiger partial charge in [0, 0.05) is 22.8 Å². The van der Waals surface area contributed by atoms with Gasteiger partial charge >= 0.3 is 5.97 Å². The van der Waals surface area contributed by atoms with Gasteiger partial charge in [-0.3, -0.25) is 4.79 Å². The summed E-state index contributed by atoms with van der Waals surface area (Å²) in [5, 5.41) is 16.3. The van der Waals surface area contributed by atoms with Crippen molar-refractivity contribution < 1.29 is 19.1 Å². The number of carboxylic acid groups (broad SMARTS) is 1. The largest absolute Gasteiger partial charge is 0.477 e. The Morgan fingerprint density at radius 3 is 2.84 bits per heavy atom. The molecule has 1 aliphatic heterocycles. The first-order valence-electron chi connectivity index (χ1n) is 7.52. The molecule has 2 aromatic heterocycles. The van der Waals surface area contributed by atoms with Crippen molar-refractivity contribution in [3.05, 3.63) is 62.2 Å². The number of carbonyl (C=O) groups excluding carboxylic acids is 1. The lowest BCUT2D eigenvalue weighted by Crippen LogP contribution is -2.22. The average Bonchev–Trinajstić information content (AvgIpc) is 3.21. The molecular weight excluding hydrogens is 361 g/mol. The molecular formula is C18H12FNO3S2. The van der Waals surface area contributed by atoms with Gasteiger partial charge in [-0.25, -0.2) is 9.18 Å². The summed E-state index contributed by atoms with van der Waals surface area (Å²) in [6.45, 7) is 0. The summed E-state index contributed by atoms with van der Waals surface area (Å²) in [7, 11) is 0. The highest BCUT2D eigenvalue weighted by molar-refractivity contribution is 7.15. The topological polar surface area (TPSA) is 66.4 Å². The first-order valence-corrected chi connectivity index (χ1v) is 9.28. The Morgan fingerprint density at radius 1 is 1.32 bits per heavy atom. The second-order valence-electron chi connectivity index (χ2n) is 5.72. The van der Waals surface area contributed by atoms with Crippen LogP contribution in [0, 0.1) is 5.82 Å². The highest BCUT2D eigenvalue weighted by atomic mass is 32.1. The number of hydrogen-bond acceptors (Lipinski definition) is 4. The molecule has 0 radical (unpaired) electrons. The Morgan fingerprint density at radius 2 is 2.16 bits per heavy atom. The molecule has 0 saturated carbocycles. The normalized spacial score (nSPS) is 16.4. The van der Waals surface area contributed by atoms with E-state index in [1.54, 1.807) is 6.07 Å². The molecule has 3 heterocycles. The average molecular weight is 373 g/mol. The fraction of sp³-hybridized carbons (Fsp3) is 0.111. The third-order valence-electron chi connectivity index (χ3n) is 4.16. The standard InChI is InChI=1S/C18H12FNO3S2/c19-11-3-1-2-9(6-11)14-15-16(25-17(14)18(22)23)12(7-13(21)20-15)10-4-5-24-8-10/h1-6,8,12H,7H2,(H,20,21)(H,22,23). The maximum Gasteiger partial charge on any atom is 0.346 e. The minimum atomic E-state index is -1.09. The molecule has 0 bridgehead atoms. The molecule has 2 N–H and O–H groups in total. The van der Waals surface area contributed by atoms with Gasteiger partial charge < -0.3 is 10.4 Å². The van der Waals surface area contributed by atoms with Crippen molar-refractivity contribution in [1.29, 1.82) is 0 Å². The lowest BCUT2D eigenvalue weighted by atomic mass is 9.90. The third kappa shape index (κ3) is 2.75. The highest BCUT2D eigenvalue weighted by Crippen LogP contribution is 2.49. The van der Waals surface area contributed by atoms with E-state index in [2.05, 4.69) is 5.32 Å². The fourth-order valence-electron chi connectivity index (χ4n) is 3.10. The fourth-order valence-corrected chi connectivity index (χ4v) is 5.06. The summed E-state index contributed by atoms with van der Waals surface area (Å²) in [5.74, 6) is -1.89. The Hall–Kier alpha value is -2.51. The molecule has 126 valence electrons. The van der Waals surface area contributed by atoms with Gasteiger partial charge in [0.25, 0.3) is 0 Å². The molecule has 1 amide bonds. The first kappa shape index (κ1) is 16.0. The summed E-state index contributed by atoms with van der Waals surface area (Å²) in [5.41, 5.74) is 2.30. The molecule has 1 aliphatic rings. The lowest BCUT2D eigenvalue weighted by Gasteiger charge is -2.23. The number of halogens is 1. The van der Waals surface area contributed by atoms with Crippen LogP contribution >= 0.6 is 22.7 Å². The van der Waals surface area contributed by atoms with E-state index in [-0.39, 0.29) is 23.1 Å². The monoisotopic (exact) mass is 373 g/mol. The van der Waals surface area contributed by atoms with E-state index >= 15 is 0 Å². The minimum Gasteiger partial charge on any atom is -0.477 e. The molecule has 25 heavy (non-hydrogen) atoms. The molecule has 0 saturated heterocycles. The van der Waals surface area contributed by atoms with E-state index in [4.69, 9.17) is 0 Å². The van der Waals surface area contributed by atoms with Gasteiger partial charge in [-0.1, -0.05) is 12.1 Å². The Balaban J connectivity index is 1.96. The Labute approximate surface area is 150 Å². The number of carbonyl (C=O) groups is 2. The van der Waals surface area contributed by atoms with Crippen LogP contribution in [0.2, 0.25) is 0 Å². The summed E-state index contributed by atoms with van der Waals surface area (Å²) in [6.07, 6.45) is 0.270. The molecule has 0 spiro atoms. The van der Waals surface area contributed by atoms with E-state index in [0.29, 0.717) is 16.8 Å². The number of anilines is 1. The number of benzene rings is 1. The van der Waals surface area contributed by atoms with Crippen LogP contribution in [0.5, 0.6) is 0 Å². The molecule has 3 aromatic rings. The lowest BCUT2D eigenvalue weighted by molar-refractivity contribution is -0.116. The van der Waals surface area contributed by atoms with Gasteiger partial charge in [-0.15, -0.1) is 11.3 Å². The number of hydrogen-bond donors (Lipinski definition) is 2. The van der Waals surface area contributed by atoms with Crippen molar-refractivity contribution in [2.45, 2.75) is 12.3 Å². The van der Waals surface area contributed by atoms with Gasteiger partial charge in [-0.2, -0.15) is 11.3 Å². The van der Waals surface area contributed by atoms with Crippen LogP contribution in [-0.2, 0) is 4.79 Å². The van der Waals surface area contributed by atoms with Gasteiger partial charge in [0.05, 0.1) is 5.69 Å². The number of aromatic carboxylic acids is 1. The first-order chi connectivity index (χ1) is 12.0. The van der Waals surface area contributed by atoms with Crippen LogP contribution in [0.25, 0.3) is 11.1 Å². The number of nitrogens with one attached hydrogen (secondary N) is 1. The van der Waals surface area contributed by atoms with Gasteiger partial charge in [-0.05, 0) is 40.1 Å². The third-order valence-corrected chi connectivity index (χ3v) is 6.15. The van der Waals surface area contributed by atoms with Crippen molar-refractivity contribution in [3.8, 4) is 11.1 Å². The Bertz CT molecular complexity index is 978. The van der Waals surface area contributed by atoms with Crippen molar-refractivity contribution in [1.82, 2.24) is 0 Å². The van der Waals surface area contributed by atoms with Crippen molar-refractivity contribution in [2.24, 2.45) is 0 Å². The van der Waals surface area contributed by atoms with Gasteiger partial charge in [0.1, 0.15) is 10.7 Å². The molecule has 1 unspecified atom stereocenters. The molecule has 0 fully saturated rings. The summed E-state index contributed by atoms with van der Waals surface area (Å²) in [6, 6.07) is 7.71. The van der Waals surface area contributed by atoms with Crippen LogP contribution < -0.4 is 5.32 Å². The molecule has 4 nitrogen and oxygen atoms in total. The molecule has 0 aliphatic carbocycles. The second-order valence-corrected chi connectivity index (χ2v) is 7.55. The predicted octanol–water partition coefficient (Wildman–Crippen LogP) is 4.79. The SMILES string of the molecule is O=C1CC(c2ccsc2)c2sc(C(=O)O)c(-c3cccc(F)c3)c2N1. The molecule has 7 heteroatoms. The second kappa shape index (κ2) is 6.09. The Kier molecular flexibility index (Phi) is 3.89. The van der Waals surface area contributed by atoms with Crippen molar-refractivity contribution >= 4 is 40.2 Å². The summed E-state index contributed by atoms with van der Waals surface area (Å²) >= 11 is 2.68. The number of fused-ring (bicyclic) bond motifs is 1. The van der Waals surface area contributed by atoms with Crippen molar-refractivity contribution in [2.75, 3.05) is 5.32 Å². The molecule has 4 rings (SSSR count). The van der Waals surface area contributed by atoms with E-state index in [1.165, 1.54) is 29.5 Å². The van der Waals surface area contributed by atoms with Crippen LogP contribution in [0.3, 0.4) is 0 Å². The van der Waals surface area contributed by atoms with Crippen LogP contribution in [-0.4, -0.2) is 17.0 Å². The quantitative estimate of drug-likeness (QED) is 0.694. The maximum absolute atomic E-state index is 13.7. The molecule has 1 atom stereocenters. The number of carboxylic acids is 1. The van der Waals surface area contributed by atoms with E-state index in [1.807, 2.05) is 16.8 Å². The predicted molar refractivity (Wildman–Crippen MR) is 96.1 cm³/mol. The minimum absolute atomic E-state index is 0.109. The zero-order valence-electron chi connectivity index (χ0n) is 12.8. The zero-order chi connectivity index (χ0) is 17.6. The van der Waals surface area contributed by atoms with Crippen LogP contribution in [0.15, 0.2) is 41.1 Å². The molecule has 1 aromatic carbocycles. The zero-order valence-corrected chi connectivity index (χ0v) is 14.4. The van der Waals surface area contributed by atoms with Crippen LogP contribution in [0.4, 0.5) is 10.1 Å². The van der Waals surface area contributed by atoms with Gasteiger partial charge in [0.15, 0.2) is 0 Å². The van der Waals surface area contributed by atoms with E-state index in [0.717, 1.165) is 21.8 Å². The number of thiophene rings is 2. The van der Waals surface area contributed by atoms with Crippen molar-refractivity contribution in [3.63, 3.8) is 0 Å². The number of amides is 1. The van der Waals surface area contributed by atoms with E-state index in [9.17, 15) is 19.1 Å². The van der Waals surface area contributed by atoms with Gasteiger partial charge in [0.2, 0.25) is 5.91 Å². The smallest absolute Gasteiger partial charge is 0.346 e. The highest BCUT2D eigenvalue weighted by Gasteiger charge is 2.34. The summed E-state index contributed by atoms with van der Waals surface area (Å²) < 4.78 is 13.7. The van der Waals surface area contributed by atoms with Crippen LogP contribution in [0.1, 0.15) is 32.5 Å². The summed E-state index contributed by atoms with van der Waals surface area (Å²) in [4.78, 5) is 24.9. The van der Waals surface area contributed by atoms with E-state index < -0.39 is 11.8 Å².